The molecular formula is C8H2F6N2. The molecule has 1 rings (SSSR count). The van der Waals surface area contributed by atoms with Gasteiger partial charge in [0.2, 0.25) is 0 Å². The second-order valence-corrected chi connectivity index (χ2v) is 2.67. The zero-order valence-electron chi connectivity index (χ0n) is 7.32. The highest BCUT2D eigenvalue weighted by molar-refractivity contribution is 5.32. The standard InChI is InChI=1S/C8H2F6N2/c9-4-1-3(7(10)11)6(8(12,13)14)16-5(4)2-15/h1,7H. The van der Waals surface area contributed by atoms with Gasteiger partial charge in [0.05, 0.1) is 5.56 Å². The molecule has 1 aromatic heterocycles. The lowest BCUT2D eigenvalue weighted by Crippen LogP contribution is -2.14. The number of nitrogens with zero attached hydrogens (tertiary/aromatic N) is 2. The number of alkyl halides is 5. The summed E-state index contributed by atoms with van der Waals surface area (Å²) in [6.07, 6.45) is -8.68. The number of rotatable bonds is 1. The number of halogens is 6. The topological polar surface area (TPSA) is 36.7 Å². The van der Waals surface area contributed by atoms with Gasteiger partial charge in [0, 0.05) is 0 Å². The van der Waals surface area contributed by atoms with Crippen LogP contribution >= 0.6 is 0 Å². The molecule has 86 valence electrons. The fourth-order valence-electron chi connectivity index (χ4n) is 0.975. The lowest BCUT2D eigenvalue weighted by Gasteiger charge is -2.11. The van der Waals surface area contributed by atoms with E-state index in [0.29, 0.717) is 0 Å². The number of pyridine rings is 1. The number of aromatic nitrogens is 1. The van der Waals surface area contributed by atoms with Gasteiger partial charge in [-0.15, -0.1) is 0 Å². The molecular weight excluding hydrogens is 238 g/mol. The Hall–Kier alpha value is -1.78. The first kappa shape index (κ1) is 12.3. The average molecular weight is 240 g/mol. The van der Waals surface area contributed by atoms with E-state index in [1.54, 1.807) is 0 Å². The Morgan fingerprint density at radius 3 is 2.25 bits per heavy atom. The van der Waals surface area contributed by atoms with Crippen LogP contribution in [0.5, 0.6) is 0 Å². The van der Waals surface area contributed by atoms with E-state index in [1.807, 2.05) is 0 Å². The first-order valence-electron chi connectivity index (χ1n) is 3.73. The van der Waals surface area contributed by atoms with Crippen LogP contribution in [0.2, 0.25) is 0 Å². The third-order valence-corrected chi connectivity index (χ3v) is 1.61. The first-order valence-corrected chi connectivity index (χ1v) is 3.73. The monoisotopic (exact) mass is 240 g/mol. The van der Waals surface area contributed by atoms with Gasteiger partial charge in [0.15, 0.2) is 17.2 Å². The highest BCUT2D eigenvalue weighted by atomic mass is 19.4. The van der Waals surface area contributed by atoms with Crippen molar-refractivity contribution in [3.63, 3.8) is 0 Å². The summed E-state index contributed by atoms with van der Waals surface area (Å²) in [5, 5.41) is 8.23. The van der Waals surface area contributed by atoms with Gasteiger partial charge in [-0.25, -0.2) is 18.2 Å². The zero-order valence-corrected chi connectivity index (χ0v) is 7.32. The van der Waals surface area contributed by atoms with E-state index < -0.39 is 35.4 Å². The van der Waals surface area contributed by atoms with Crippen LogP contribution in [-0.2, 0) is 6.18 Å². The molecule has 0 bridgehead atoms. The van der Waals surface area contributed by atoms with Gasteiger partial charge >= 0.3 is 6.18 Å². The SMILES string of the molecule is N#Cc1nc(C(F)(F)F)c(C(F)F)cc1F. The minimum atomic E-state index is -5.16. The van der Waals surface area contributed by atoms with Gasteiger partial charge in [-0.3, -0.25) is 0 Å². The van der Waals surface area contributed by atoms with Crippen LogP contribution in [0.1, 0.15) is 23.4 Å². The molecule has 0 aliphatic heterocycles. The summed E-state index contributed by atoms with van der Waals surface area (Å²) in [5.41, 5.74) is -4.69. The Kier molecular flexibility index (Phi) is 3.07. The molecule has 8 heteroatoms. The second kappa shape index (κ2) is 4.00. The van der Waals surface area contributed by atoms with Crippen molar-refractivity contribution >= 4 is 0 Å². The molecule has 0 aliphatic carbocycles. The summed E-state index contributed by atoms with van der Waals surface area (Å²) in [6.45, 7) is 0. The predicted molar refractivity (Wildman–Crippen MR) is 38.9 cm³/mol. The van der Waals surface area contributed by atoms with Crippen LogP contribution in [0.25, 0.3) is 0 Å². The largest absolute Gasteiger partial charge is 0.433 e. The van der Waals surface area contributed by atoms with E-state index in [4.69, 9.17) is 5.26 Å². The molecule has 0 saturated carbocycles. The molecule has 0 aliphatic rings. The van der Waals surface area contributed by atoms with Crippen molar-refractivity contribution in [1.29, 1.82) is 5.26 Å². The smallest absolute Gasteiger partial charge is 0.229 e. The van der Waals surface area contributed by atoms with E-state index in [-0.39, 0.29) is 6.07 Å². The van der Waals surface area contributed by atoms with E-state index in [1.165, 1.54) is 0 Å². The minimum absolute atomic E-state index is 0.0287. The molecule has 0 fully saturated rings. The quantitative estimate of drug-likeness (QED) is 0.707. The van der Waals surface area contributed by atoms with Crippen LogP contribution in [0, 0.1) is 17.1 Å². The van der Waals surface area contributed by atoms with Crippen molar-refractivity contribution in [3.05, 3.63) is 28.8 Å². The molecule has 0 spiro atoms. The summed E-state index contributed by atoms with van der Waals surface area (Å²) in [4.78, 5) is 2.54. The van der Waals surface area contributed by atoms with Gasteiger partial charge in [0.25, 0.3) is 6.43 Å². The van der Waals surface area contributed by atoms with Gasteiger partial charge in [-0.1, -0.05) is 0 Å². The van der Waals surface area contributed by atoms with Crippen molar-refractivity contribution in [2.75, 3.05) is 0 Å². The molecule has 1 aromatic rings. The van der Waals surface area contributed by atoms with E-state index in [9.17, 15) is 26.3 Å². The molecule has 0 N–H and O–H groups in total. The Morgan fingerprint density at radius 2 is 1.88 bits per heavy atom. The Bertz CT molecular complexity index is 445. The predicted octanol–water partition coefficient (Wildman–Crippen LogP) is 3.05. The molecule has 0 amide bonds. The zero-order chi connectivity index (χ0) is 12.5. The molecule has 16 heavy (non-hydrogen) atoms. The van der Waals surface area contributed by atoms with Crippen LogP contribution in [0.4, 0.5) is 26.3 Å². The average Bonchev–Trinajstić information content (AvgIpc) is 2.15. The van der Waals surface area contributed by atoms with Crippen molar-refractivity contribution in [2.24, 2.45) is 0 Å². The lowest BCUT2D eigenvalue weighted by molar-refractivity contribution is -0.143. The third kappa shape index (κ3) is 2.24. The first-order chi connectivity index (χ1) is 7.27. The van der Waals surface area contributed by atoms with Crippen molar-refractivity contribution < 1.29 is 26.3 Å². The molecule has 1 heterocycles. The number of hydrogen-bond acceptors (Lipinski definition) is 2. The maximum absolute atomic E-state index is 12.8. The lowest BCUT2D eigenvalue weighted by atomic mass is 10.1. The molecule has 0 radical (unpaired) electrons. The van der Waals surface area contributed by atoms with Crippen LogP contribution in [0.3, 0.4) is 0 Å². The Labute approximate surface area is 85.1 Å². The van der Waals surface area contributed by atoms with Gasteiger partial charge in [-0.2, -0.15) is 18.4 Å². The summed E-state index contributed by atoms with van der Waals surface area (Å²) < 4.78 is 73.8. The molecule has 0 unspecified atom stereocenters. The van der Waals surface area contributed by atoms with Crippen LogP contribution in [-0.4, -0.2) is 4.98 Å². The van der Waals surface area contributed by atoms with E-state index in [2.05, 4.69) is 4.98 Å². The summed E-state index contributed by atoms with van der Waals surface area (Å²) in [6, 6.07) is 1.01. The van der Waals surface area contributed by atoms with Crippen LogP contribution in [0.15, 0.2) is 6.07 Å². The summed E-state index contributed by atoms with van der Waals surface area (Å²) >= 11 is 0. The minimum Gasteiger partial charge on any atom is -0.229 e. The Morgan fingerprint density at radius 1 is 1.31 bits per heavy atom. The molecule has 0 aromatic carbocycles. The molecule has 0 atom stereocenters. The summed E-state index contributed by atoms with van der Waals surface area (Å²) in [7, 11) is 0. The van der Waals surface area contributed by atoms with Crippen molar-refractivity contribution in [2.45, 2.75) is 12.6 Å². The number of hydrogen-bond donors (Lipinski definition) is 0. The highest BCUT2D eigenvalue weighted by Gasteiger charge is 2.38. The molecule has 2 nitrogen and oxygen atoms in total. The van der Waals surface area contributed by atoms with Crippen molar-refractivity contribution in [1.82, 2.24) is 4.98 Å². The number of nitriles is 1. The second-order valence-electron chi connectivity index (χ2n) is 2.67. The maximum atomic E-state index is 12.8. The van der Waals surface area contributed by atoms with Gasteiger partial charge < -0.3 is 0 Å². The fourth-order valence-corrected chi connectivity index (χ4v) is 0.975. The molecule has 0 saturated heterocycles. The summed E-state index contributed by atoms with van der Waals surface area (Å²) in [5.74, 6) is -1.51. The Balaban J connectivity index is 3.51. The normalized spacial score (nSPS) is 11.6. The van der Waals surface area contributed by atoms with E-state index in [0.717, 1.165) is 6.07 Å². The van der Waals surface area contributed by atoms with E-state index >= 15 is 0 Å². The van der Waals surface area contributed by atoms with Crippen LogP contribution < -0.4 is 0 Å². The van der Waals surface area contributed by atoms with Gasteiger partial charge in [-0.05, 0) is 6.07 Å². The maximum Gasteiger partial charge on any atom is 0.433 e. The fraction of sp³-hybridized carbons (Fsp3) is 0.250. The van der Waals surface area contributed by atoms with Gasteiger partial charge in [0.1, 0.15) is 6.07 Å². The third-order valence-electron chi connectivity index (χ3n) is 1.61. The van der Waals surface area contributed by atoms with Crippen molar-refractivity contribution in [3.8, 4) is 6.07 Å². The highest BCUT2D eigenvalue weighted by Crippen LogP contribution is 2.35.